The number of nitrogens with two attached hydrogens (primary N) is 1. The zero-order valence-corrected chi connectivity index (χ0v) is 10.5. The first-order valence-electron chi connectivity index (χ1n) is 5.80. The fourth-order valence-electron chi connectivity index (χ4n) is 1.84. The van der Waals surface area contributed by atoms with Gasteiger partial charge < -0.3 is 5.73 Å². The maximum absolute atomic E-state index is 6.00. The van der Waals surface area contributed by atoms with E-state index < -0.39 is 0 Å². The molecule has 0 saturated carbocycles. The molecule has 92 valence electrons. The number of hydrogen-bond acceptors (Lipinski definition) is 4. The fourth-order valence-corrected chi connectivity index (χ4v) is 1.84. The summed E-state index contributed by atoms with van der Waals surface area (Å²) in [4.78, 5) is 0. The first-order chi connectivity index (χ1) is 8.11. The van der Waals surface area contributed by atoms with Crippen molar-refractivity contribution in [2.75, 3.05) is 0 Å². The third kappa shape index (κ3) is 2.36. The van der Waals surface area contributed by atoms with Crippen LogP contribution >= 0.6 is 0 Å². The predicted octanol–water partition coefficient (Wildman–Crippen LogP) is 1.11. The molecule has 0 radical (unpaired) electrons. The average Bonchev–Trinajstić information content (AvgIpc) is 2.85. The van der Waals surface area contributed by atoms with Crippen molar-refractivity contribution in [2.45, 2.75) is 32.7 Å². The molecule has 0 bridgehead atoms. The van der Waals surface area contributed by atoms with Crippen LogP contribution < -0.4 is 5.73 Å². The van der Waals surface area contributed by atoms with Crippen LogP contribution in [-0.4, -0.2) is 24.8 Å². The second-order valence-electron chi connectivity index (χ2n) is 4.26. The quantitative estimate of drug-likeness (QED) is 0.860. The Morgan fingerprint density at radius 2 is 2.18 bits per heavy atom. The molecule has 0 fully saturated rings. The third-order valence-electron chi connectivity index (χ3n) is 2.73. The van der Waals surface area contributed by atoms with Crippen LogP contribution in [0.1, 0.15) is 37.2 Å². The summed E-state index contributed by atoms with van der Waals surface area (Å²) in [5.41, 5.74) is 8.70. The summed E-state index contributed by atoms with van der Waals surface area (Å²) < 4.78 is 3.49. The van der Waals surface area contributed by atoms with Gasteiger partial charge in [0, 0.05) is 7.05 Å². The van der Waals surface area contributed by atoms with Gasteiger partial charge in [0.15, 0.2) is 0 Å². The van der Waals surface area contributed by atoms with Crippen LogP contribution in [0.15, 0.2) is 12.4 Å². The van der Waals surface area contributed by atoms with E-state index in [4.69, 9.17) is 5.73 Å². The lowest BCUT2D eigenvalue weighted by Gasteiger charge is -2.04. The van der Waals surface area contributed by atoms with Crippen LogP contribution in [0.25, 0.3) is 5.69 Å². The largest absolute Gasteiger partial charge is 0.323 e. The maximum Gasteiger partial charge on any atom is 0.107 e. The van der Waals surface area contributed by atoms with Gasteiger partial charge in [-0.15, -0.1) is 5.10 Å². The van der Waals surface area contributed by atoms with Crippen LogP contribution in [0.2, 0.25) is 0 Å². The summed E-state index contributed by atoms with van der Waals surface area (Å²) in [6.07, 6.45) is 5.76. The Balaban J connectivity index is 2.26. The summed E-state index contributed by atoms with van der Waals surface area (Å²) >= 11 is 0. The van der Waals surface area contributed by atoms with Crippen LogP contribution in [-0.2, 0) is 7.05 Å². The maximum atomic E-state index is 6.00. The Hall–Kier alpha value is -1.69. The Kier molecular flexibility index (Phi) is 3.23. The average molecular weight is 234 g/mol. The molecule has 1 unspecified atom stereocenters. The van der Waals surface area contributed by atoms with Gasteiger partial charge in [-0.1, -0.05) is 18.6 Å². The fraction of sp³-hybridized carbons (Fsp3) is 0.545. The van der Waals surface area contributed by atoms with Crippen LogP contribution in [0.5, 0.6) is 0 Å². The van der Waals surface area contributed by atoms with E-state index in [1.54, 1.807) is 9.36 Å². The number of aryl methyl sites for hydroxylation is 2. The topological polar surface area (TPSA) is 74.5 Å². The molecule has 0 aliphatic carbocycles. The van der Waals surface area contributed by atoms with Crippen molar-refractivity contribution in [3.05, 3.63) is 23.8 Å². The minimum absolute atomic E-state index is 0.0364. The molecule has 2 heterocycles. The zero-order chi connectivity index (χ0) is 12.4. The molecule has 0 aliphatic heterocycles. The van der Waals surface area contributed by atoms with Crippen LogP contribution in [0.3, 0.4) is 0 Å². The molecule has 6 nitrogen and oxygen atoms in total. The van der Waals surface area contributed by atoms with Gasteiger partial charge in [-0.05, 0) is 13.3 Å². The number of hydrogen-bond donors (Lipinski definition) is 1. The molecular weight excluding hydrogens is 216 g/mol. The SMILES string of the molecule is CCCC(N)c1cn(-c2cn(C)nc2C)nn1. The smallest absolute Gasteiger partial charge is 0.107 e. The Morgan fingerprint density at radius 1 is 1.41 bits per heavy atom. The van der Waals surface area contributed by atoms with E-state index >= 15 is 0 Å². The molecule has 2 rings (SSSR count). The van der Waals surface area contributed by atoms with Gasteiger partial charge in [-0.3, -0.25) is 4.68 Å². The molecule has 0 aliphatic rings. The van der Waals surface area contributed by atoms with E-state index in [2.05, 4.69) is 22.3 Å². The van der Waals surface area contributed by atoms with E-state index in [9.17, 15) is 0 Å². The summed E-state index contributed by atoms with van der Waals surface area (Å²) in [6.45, 7) is 4.05. The van der Waals surface area contributed by atoms with Crippen LogP contribution in [0.4, 0.5) is 0 Å². The van der Waals surface area contributed by atoms with Gasteiger partial charge in [0.1, 0.15) is 5.69 Å². The highest BCUT2D eigenvalue weighted by Crippen LogP contribution is 2.15. The highest BCUT2D eigenvalue weighted by Gasteiger charge is 2.12. The van der Waals surface area contributed by atoms with E-state index in [-0.39, 0.29) is 6.04 Å². The summed E-state index contributed by atoms with van der Waals surface area (Å²) in [7, 11) is 1.89. The second kappa shape index (κ2) is 4.67. The van der Waals surface area contributed by atoms with Crippen molar-refractivity contribution in [1.29, 1.82) is 0 Å². The van der Waals surface area contributed by atoms with Crippen molar-refractivity contribution in [3.63, 3.8) is 0 Å². The van der Waals surface area contributed by atoms with E-state index in [0.29, 0.717) is 0 Å². The predicted molar refractivity (Wildman–Crippen MR) is 64.7 cm³/mol. The lowest BCUT2D eigenvalue weighted by molar-refractivity contribution is 0.619. The molecule has 0 aromatic carbocycles. The van der Waals surface area contributed by atoms with Gasteiger partial charge in [0.05, 0.1) is 29.8 Å². The third-order valence-corrected chi connectivity index (χ3v) is 2.73. The first-order valence-corrected chi connectivity index (χ1v) is 5.80. The summed E-state index contributed by atoms with van der Waals surface area (Å²) in [5, 5.41) is 12.5. The molecule has 17 heavy (non-hydrogen) atoms. The normalized spacial score (nSPS) is 12.9. The lowest BCUT2D eigenvalue weighted by atomic mass is 10.1. The monoisotopic (exact) mass is 234 g/mol. The standard InChI is InChI=1S/C11H18N6/c1-4-5-9(12)10-6-17(15-13-10)11-7-16(3)14-8(11)2/h6-7,9H,4-5,12H2,1-3H3. The van der Waals surface area contributed by atoms with Crippen molar-refractivity contribution in [1.82, 2.24) is 24.8 Å². The molecule has 2 aromatic rings. The molecule has 1 atom stereocenters. The van der Waals surface area contributed by atoms with Gasteiger partial charge in [0.2, 0.25) is 0 Å². The molecule has 0 saturated heterocycles. The van der Waals surface area contributed by atoms with Crippen molar-refractivity contribution < 1.29 is 0 Å². The number of rotatable bonds is 4. The molecule has 0 amide bonds. The minimum Gasteiger partial charge on any atom is -0.323 e. The summed E-state index contributed by atoms with van der Waals surface area (Å²) in [5.74, 6) is 0. The molecule has 6 heteroatoms. The Labute approximate surface area is 100 Å². The molecule has 2 aromatic heterocycles. The van der Waals surface area contributed by atoms with Gasteiger partial charge in [-0.2, -0.15) is 5.10 Å². The summed E-state index contributed by atoms with van der Waals surface area (Å²) in [6, 6.07) is -0.0364. The van der Waals surface area contributed by atoms with Crippen LogP contribution in [0, 0.1) is 6.92 Å². The van der Waals surface area contributed by atoms with Crippen molar-refractivity contribution in [3.8, 4) is 5.69 Å². The highest BCUT2D eigenvalue weighted by molar-refractivity contribution is 5.32. The molecule has 0 spiro atoms. The van der Waals surface area contributed by atoms with Gasteiger partial charge in [-0.25, -0.2) is 4.68 Å². The van der Waals surface area contributed by atoms with E-state index in [1.165, 1.54) is 0 Å². The first kappa shape index (κ1) is 11.8. The van der Waals surface area contributed by atoms with Crippen molar-refractivity contribution in [2.24, 2.45) is 12.8 Å². The molecular formula is C11H18N6. The number of nitrogens with zero attached hydrogens (tertiary/aromatic N) is 5. The lowest BCUT2D eigenvalue weighted by Crippen LogP contribution is -2.10. The highest BCUT2D eigenvalue weighted by atomic mass is 15.4. The second-order valence-corrected chi connectivity index (χ2v) is 4.26. The van der Waals surface area contributed by atoms with Gasteiger partial charge in [0.25, 0.3) is 0 Å². The zero-order valence-electron chi connectivity index (χ0n) is 10.5. The molecule has 2 N–H and O–H groups in total. The Bertz CT molecular complexity index is 498. The van der Waals surface area contributed by atoms with Crippen molar-refractivity contribution >= 4 is 0 Å². The Morgan fingerprint density at radius 3 is 2.76 bits per heavy atom. The number of aromatic nitrogens is 5. The van der Waals surface area contributed by atoms with Gasteiger partial charge >= 0.3 is 0 Å². The van der Waals surface area contributed by atoms with E-state index in [1.807, 2.05) is 26.4 Å². The minimum atomic E-state index is -0.0364. The van der Waals surface area contributed by atoms with E-state index in [0.717, 1.165) is 29.9 Å².